The third-order valence-corrected chi connectivity index (χ3v) is 5.84. The molecule has 0 heterocycles. The fourth-order valence-corrected chi connectivity index (χ4v) is 3.84. The molecule has 0 aliphatic rings. The first-order chi connectivity index (χ1) is 16.4. The third kappa shape index (κ3) is 7.09. The molecule has 3 aromatic carbocycles. The van der Waals surface area contributed by atoms with Crippen LogP contribution in [-0.4, -0.2) is 35.9 Å². The molecular weight excluding hydrogens is 448 g/mol. The van der Waals surface area contributed by atoms with Crippen LogP contribution in [0.1, 0.15) is 29.2 Å². The number of aryl methyl sites for hydroxylation is 2. The van der Waals surface area contributed by atoms with E-state index >= 15 is 0 Å². The van der Waals surface area contributed by atoms with E-state index in [1.54, 1.807) is 17.0 Å². The van der Waals surface area contributed by atoms with Gasteiger partial charge in [-0.3, -0.25) is 9.59 Å². The fourth-order valence-electron chi connectivity index (χ4n) is 3.72. The van der Waals surface area contributed by atoms with E-state index in [9.17, 15) is 9.59 Å². The van der Waals surface area contributed by atoms with E-state index in [-0.39, 0.29) is 25.0 Å². The summed E-state index contributed by atoms with van der Waals surface area (Å²) < 4.78 is 5.91. The van der Waals surface area contributed by atoms with Crippen LogP contribution >= 0.6 is 11.6 Å². The summed E-state index contributed by atoms with van der Waals surface area (Å²) in [5.74, 6) is 0.209. The molecule has 2 amide bonds. The molecule has 0 aromatic heterocycles. The summed E-state index contributed by atoms with van der Waals surface area (Å²) in [4.78, 5) is 28.3. The molecule has 0 spiro atoms. The number of likely N-dealkylation sites (N-methyl/N-ethyl adjacent to an activating group) is 1. The smallest absolute Gasteiger partial charge is 0.261 e. The van der Waals surface area contributed by atoms with Crippen molar-refractivity contribution < 1.29 is 14.3 Å². The first-order valence-electron chi connectivity index (χ1n) is 11.4. The Morgan fingerprint density at radius 1 is 0.971 bits per heavy atom. The van der Waals surface area contributed by atoms with Gasteiger partial charge in [-0.25, -0.2) is 0 Å². The van der Waals surface area contributed by atoms with Crippen molar-refractivity contribution in [2.24, 2.45) is 0 Å². The summed E-state index contributed by atoms with van der Waals surface area (Å²) in [5.41, 5.74) is 3.86. The molecule has 3 rings (SSSR count). The lowest BCUT2D eigenvalue weighted by molar-refractivity contribution is -0.142. The van der Waals surface area contributed by atoms with E-state index in [2.05, 4.69) is 5.32 Å². The summed E-state index contributed by atoms with van der Waals surface area (Å²) in [5, 5.41) is 3.51. The Bertz CT molecular complexity index is 1100. The van der Waals surface area contributed by atoms with Crippen LogP contribution in [0.2, 0.25) is 5.02 Å². The Morgan fingerprint density at radius 3 is 2.35 bits per heavy atom. The average Bonchev–Trinajstić information content (AvgIpc) is 2.83. The normalized spacial score (nSPS) is 11.5. The van der Waals surface area contributed by atoms with Crippen LogP contribution in [0.15, 0.2) is 72.8 Å². The molecule has 0 saturated heterocycles. The van der Waals surface area contributed by atoms with Crippen molar-refractivity contribution in [3.8, 4) is 5.75 Å². The maximum atomic E-state index is 13.5. The zero-order chi connectivity index (χ0) is 24.5. The highest BCUT2D eigenvalue weighted by Crippen LogP contribution is 2.21. The van der Waals surface area contributed by atoms with Gasteiger partial charge in [-0.1, -0.05) is 66.2 Å². The molecule has 0 fully saturated rings. The minimum absolute atomic E-state index is 0.164. The summed E-state index contributed by atoms with van der Waals surface area (Å²) in [6.07, 6.45) is 0.398. The zero-order valence-electron chi connectivity index (χ0n) is 19.9. The highest BCUT2D eigenvalue weighted by atomic mass is 35.5. The second-order valence-corrected chi connectivity index (χ2v) is 8.74. The lowest BCUT2D eigenvalue weighted by Crippen LogP contribution is -2.51. The second-order valence-electron chi connectivity index (χ2n) is 8.31. The lowest BCUT2D eigenvalue weighted by Gasteiger charge is -2.31. The number of hydrogen-bond acceptors (Lipinski definition) is 3. The topological polar surface area (TPSA) is 58.6 Å². The third-order valence-electron chi connectivity index (χ3n) is 5.58. The standard InChI is InChI=1S/C28H31ClN2O3/c1-4-30-28(33)25(17-22-8-6-5-7-9-22)31(18-23-12-14-24(29)15-13-23)27(32)19-34-26-16-20(2)10-11-21(26)3/h5-16,25H,4,17-19H2,1-3H3,(H,30,33). The molecule has 0 radical (unpaired) electrons. The van der Waals surface area contributed by atoms with Crippen LogP contribution in [-0.2, 0) is 22.6 Å². The van der Waals surface area contributed by atoms with Crippen molar-refractivity contribution in [1.29, 1.82) is 0 Å². The van der Waals surface area contributed by atoms with Gasteiger partial charge < -0.3 is 15.0 Å². The number of benzene rings is 3. The number of halogens is 1. The Morgan fingerprint density at radius 2 is 1.68 bits per heavy atom. The van der Waals surface area contributed by atoms with Crippen molar-refractivity contribution in [3.05, 3.63) is 100 Å². The fraction of sp³-hybridized carbons (Fsp3) is 0.286. The van der Waals surface area contributed by atoms with E-state index in [4.69, 9.17) is 16.3 Å². The number of rotatable bonds is 10. The van der Waals surface area contributed by atoms with Gasteiger partial charge >= 0.3 is 0 Å². The molecule has 6 heteroatoms. The van der Waals surface area contributed by atoms with Gasteiger partial charge in [0.05, 0.1) is 0 Å². The number of ether oxygens (including phenoxy) is 1. The number of hydrogen-bond donors (Lipinski definition) is 1. The molecule has 3 aromatic rings. The Labute approximate surface area is 206 Å². The number of amides is 2. The molecule has 5 nitrogen and oxygen atoms in total. The minimum Gasteiger partial charge on any atom is -0.483 e. The lowest BCUT2D eigenvalue weighted by atomic mass is 10.0. The van der Waals surface area contributed by atoms with Gasteiger partial charge in [-0.2, -0.15) is 0 Å². The summed E-state index contributed by atoms with van der Waals surface area (Å²) in [7, 11) is 0. The minimum atomic E-state index is -0.687. The molecular formula is C28H31ClN2O3. The monoisotopic (exact) mass is 478 g/mol. The SMILES string of the molecule is CCNC(=O)C(Cc1ccccc1)N(Cc1ccc(Cl)cc1)C(=O)COc1cc(C)ccc1C. The molecule has 178 valence electrons. The first kappa shape index (κ1) is 25.3. The van der Waals surface area contributed by atoms with E-state index < -0.39 is 6.04 Å². The molecule has 1 atom stereocenters. The van der Waals surface area contributed by atoms with E-state index in [0.717, 1.165) is 22.3 Å². The number of nitrogens with one attached hydrogen (secondary N) is 1. The summed E-state index contributed by atoms with van der Waals surface area (Å²) >= 11 is 6.05. The van der Waals surface area contributed by atoms with Crippen LogP contribution < -0.4 is 10.1 Å². The number of nitrogens with zero attached hydrogens (tertiary/aromatic N) is 1. The van der Waals surface area contributed by atoms with Crippen LogP contribution in [0, 0.1) is 13.8 Å². The van der Waals surface area contributed by atoms with Crippen molar-refractivity contribution >= 4 is 23.4 Å². The van der Waals surface area contributed by atoms with Crippen molar-refractivity contribution in [3.63, 3.8) is 0 Å². The Balaban J connectivity index is 1.90. The molecule has 0 aliphatic heterocycles. The van der Waals surface area contributed by atoms with Gasteiger partial charge in [0.25, 0.3) is 5.91 Å². The molecule has 1 N–H and O–H groups in total. The quantitative estimate of drug-likeness (QED) is 0.440. The highest BCUT2D eigenvalue weighted by Gasteiger charge is 2.30. The summed E-state index contributed by atoms with van der Waals surface area (Å²) in [6.45, 7) is 6.37. The van der Waals surface area contributed by atoms with Gasteiger partial charge in [0, 0.05) is 24.5 Å². The summed E-state index contributed by atoms with van der Waals surface area (Å²) in [6, 6.07) is 22.2. The molecule has 0 aliphatic carbocycles. The van der Waals surface area contributed by atoms with Crippen molar-refractivity contribution in [2.45, 2.75) is 39.8 Å². The second kappa shape index (κ2) is 12.2. The van der Waals surface area contributed by atoms with Gasteiger partial charge in [0.2, 0.25) is 5.91 Å². The van der Waals surface area contributed by atoms with Gasteiger partial charge in [-0.05, 0) is 61.2 Å². The van der Waals surface area contributed by atoms with Crippen LogP contribution in [0.5, 0.6) is 5.75 Å². The van der Waals surface area contributed by atoms with Crippen molar-refractivity contribution in [1.82, 2.24) is 10.2 Å². The maximum absolute atomic E-state index is 13.5. The first-order valence-corrected chi connectivity index (χ1v) is 11.8. The molecule has 0 saturated carbocycles. The predicted octanol–water partition coefficient (Wildman–Crippen LogP) is 5.11. The molecule has 34 heavy (non-hydrogen) atoms. The molecule has 0 bridgehead atoms. The molecule has 1 unspecified atom stereocenters. The maximum Gasteiger partial charge on any atom is 0.261 e. The Hall–Kier alpha value is -3.31. The van der Waals surface area contributed by atoms with Gasteiger partial charge in [0.1, 0.15) is 11.8 Å². The van der Waals surface area contributed by atoms with Crippen LogP contribution in [0.3, 0.4) is 0 Å². The highest BCUT2D eigenvalue weighted by molar-refractivity contribution is 6.30. The predicted molar refractivity (Wildman–Crippen MR) is 136 cm³/mol. The van der Waals surface area contributed by atoms with Crippen LogP contribution in [0.4, 0.5) is 0 Å². The number of carbonyl (C=O) groups excluding carboxylic acids is 2. The number of carbonyl (C=O) groups is 2. The average molecular weight is 479 g/mol. The van der Waals surface area contributed by atoms with Gasteiger partial charge in [0.15, 0.2) is 6.61 Å². The van der Waals surface area contributed by atoms with Crippen LogP contribution in [0.25, 0.3) is 0 Å². The van der Waals surface area contributed by atoms with Crippen molar-refractivity contribution in [2.75, 3.05) is 13.2 Å². The largest absolute Gasteiger partial charge is 0.483 e. The van der Waals surface area contributed by atoms with E-state index in [1.807, 2.05) is 81.4 Å². The van der Waals surface area contributed by atoms with Gasteiger partial charge in [-0.15, -0.1) is 0 Å². The van der Waals surface area contributed by atoms with E-state index in [0.29, 0.717) is 23.7 Å². The van der Waals surface area contributed by atoms with E-state index in [1.165, 1.54) is 0 Å². The Kier molecular flexibility index (Phi) is 9.11. The zero-order valence-corrected chi connectivity index (χ0v) is 20.6.